The van der Waals surface area contributed by atoms with Crippen molar-refractivity contribution in [2.45, 2.75) is 26.0 Å². The number of hydrogen-bond acceptors (Lipinski definition) is 1. The molecule has 1 aromatic carbocycles. The third-order valence-electron chi connectivity index (χ3n) is 3.09. The van der Waals surface area contributed by atoms with Crippen molar-refractivity contribution >= 4 is 26.8 Å². The second kappa shape index (κ2) is 3.35. The molecule has 3 heteroatoms. The fourth-order valence-corrected chi connectivity index (χ4v) is 3.00. The molecule has 0 bridgehead atoms. The second-order valence-electron chi connectivity index (χ2n) is 4.08. The average molecular weight is 266 g/mol. The summed E-state index contributed by atoms with van der Waals surface area (Å²) >= 11 is 3.58. The van der Waals surface area contributed by atoms with Crippen LogP contribution in [0.2, 0.25) is 0 Å². The first-order valence-corrected chi connectivity index (χ1v) is 6.00. The Labute approximate surface area is 96.6 Å². The summed E-state index contributed by atoms with van der Waals surface area (Å²) in [6, 6.07) is 4.20. The standard InChI is InChI=1S/C12H12BrNO/c13-11-6-14-3-1-2-9-4-8(7-15)5-10(11)12(9)14/h4-6,15H,1-3,7H2. The molecule has 15 heavy (non-hydrogen) atoms. The van der Waals surface area contributed by atoms with Crippen molar-refractivity contribution in [2.75, 3.05) is 0 Å². The number of aliphatic hydroxyl groups is 1. The normalized spacial score (nSPS) is 14.8. The van der Waals surface area contributed by atoms with E-state index in [1.807, 2.05) is 0 Å². The van der Waals surface area contributed by atoms with Gasteiger partial charge >= 0.3 is 0 Å². The van der Waals surface area contributed by atoms with Crippen LogP contribution in [0.15, 0.2) is 22.8 Å². The van der Waals surface area contributed by atoms with Gasteiger partial charge in [-0.1, -0.05) is 6.07 Å². The van der Waals surface area contributed by atoms with Gasteiger partial charge in [-0.05, 0) is 46.0 Å². The number of benzene rings is 1. The van der Waals surface area contributed by atoms with Crippen molar-refractivity contribution in [3.63, 3.8) is 0 Å². The molecule has 0 amide bonds. The van der Waals surface area contributed by atoms with Crippen LogP contribution in [-0.2, 0) is 19.6 Å². The summed E-state index contributed by atoms with van der Waals surface area (Å²) in [6.07, 6.45) is 4.47. The smallest absolute Gasteiger partial charge is 0.0682 e. The minimum atomic E-state index is 0.126. The fourth-order valence-electron chi connectivity index (χ4n) is 2.45. The zero-order valence-corrected chi connectivity index (χ0v) is 9.92. The Bertz CT molecular complexity index is 530. The van der Waals surface area contributed by atoms with Gasteiger partial charge < -0.3 is 9.67 Å². The summed E-state index contributed by atoms with van der Waals surface area (Å²) in [5.41, 5.74) is 3.72. The summed E-state index contributed by atoms with van der Waals surface area (Å²) in [6.45, 7) is 1.23. The van der Waals surface area contributed by atoms with Crippen LogP contribution in [0.1, 0.15) is 17.5 Å². The Morgan fingerprint density at radius 3 is 3.07 bits per heavy atom. The number of nitrogens with zero attached hydrogens (tertiary/aromatic N) is 1. The zero-order chi connectivity index (χ0) is 10.4. The van der Waals surface area contributed by atoms with Gasteiger partial charge in [0.2, 0.25) is 0 Å². The Morgan fingerprint density at radius 2 is 2.27 bits per heavy atom. The Kier molecular flexibility index (Phi) is 2.11. The fraction of sp³-hybridized carbons (Fsp3) is 0.333. The highest BCUT2D eigenvalue weighted by atomic mass is 79.9. The zero-order valence-electron chi connectivity index (χ0n) is 8.33. The summed E-state index contributed by atoms with van der Waals surface area (Å²) in [5, 5.41) is 10.4. The molecule has 1 aromatic heterocycles. The van der Waals surface area contributed by atoms with E-state index in [4.69, 9.17) is 0 Å². The lowest BCUT2D eigenvalue weighted by atomic mass is 10.0. The summed E-state index contributed by atoms with van der Waals surface area (Å²) in [4.78, 5) is 0. The van der Waals surface area contributed by atoms with Crippen LogP contribution in [0, 0.1) is 0 Å². The number of aromatic nitrogens is 1. The molecule has 0 unspecified atom stereocenters. The first-order valence-electron chi connectivity index (χ1n) is 5.20. The van der Waals surface area contributed by atoms with Gasteiger partial charge in [0.15, 0.2) is 0 Å². The van der Waals surface area contributed by atoms with E-state index < -0.39 is 0 Å². The third-order valence-corrected chi connectivity index (χ3v) is 3.72. The second-order valence-corrected chi connectivity index (χ2v) is 4.94. The predicted octanol–water partition coefficient (Wildman–Crippen LogP) is 2.84. The number of aryl methyl sites for hydroxylation is 2. The number of hydrogen-bond donors (Lipinski definition) is 1. The molecule has 0 radical (unpaired) electrons. The summed E-state index contributed by atoms with van der Waals surface area (Å²) < 4.78 is 3.44. The first-order chi connectivity index (χ1) is 7.29. The van der Waals surface area contributed by atoms with Crippen LogP contribution in [0.5, 0.6) is 0 Å². The van der Waals surface area contributed by atoms with Gasteiger partial charge in [-0.25, -0.2) is 0 Å². The molecule has 0 fully saturated rings. The summed E-state index contributed by atoms with van der Waals surface area (Å²) in [5.74, 6) is 0. The molecule has 2 aromatic rings. The van der Waals surface area contributed by atoms with E-state index in [-0.39, 0.29) is 6.61 Å². The van der Waals surface area contributed by atoms with Crippen molar-refractivity contribution < 1.29 is 5.11 Å². The highest BCUT2D eigenvalue weighted by Crippen LogP contribution is 2.33. The first kappa shape index (κ1) is 9.43. The van der Waals surface area contributed by atoms with Gasteiger partial charge in [0, 0.05) is 22.6 Å². The molecule has 1 aliphatic heterocycles. The molecule has 0 saturated heterocycles. The predicted molar refractivity (Wildman–Crippen MR) is 63.9 cm³/mol. The van der Waals surface area contributed by atoms with E-state index in [1.54, 1.807) is 0 Å². The molecule has 0 spiro atoms. The molecule has 0 saturated carbocycles. The van der Waals surface area contributed by atoms with Crippen LogP contribution < -0.4 is 0 Å². The summed E-state index contributed by atoms with van der Waals surface area (Å²) in [7, 11) is 0. The van der Waals surface area contributed by atoms with Crippen LogP contribution in [-0.4, -0.2) is 9.67 Å². The van der Waals surface area contributed by atoms with Gasteiger partial charge in [-0.15, -0.1) is 0 Å². The Morgan fingerprint density at radius 1 is 1.40 bits per heavy atom. The average Bonchev–Trinajstić information content (AvgIpc) is 2.58. The molecule has 0 atom stereocenters. The highest BCUT2D eigenvalue weighted by molar-refractivity contribution is 9.10. The van der Waals surface area contributed by atoms with Gasteiger partial charge in [-0.2, -0.15) is 0 Å². The molecule has 78 valence electrons. The molecule has 1 N–H and O–H groups in total. The molecule has 2 heterocycles. The van der Waals surface area contributed by atoms with E-state index >= 15 is 0 Å². The highest BCUT2D eigenvalue weighted by Gasteiger charge is 2.15. The molecule has 3 rings (SSSR count). The number of aliphatic hydroxyl groups excluding tert-OH is 1. The van der Waals surface area contributed by atoms with E-state index in [0.29, 0.717) is 0 Å². The van der Waals surface area contributed by atoms with E-state index in [9.17, 15) is 5.11 Å². The molecule has 1 aliphatic rings. The van der Waals surface area contributed by atoms with Crippen molar-refractivity contribution in [3.05, 3.63) is 33.9 Å². The van der Waals surface area contributed by atoms with Gasteiger partial charge in [0.05, 0.1) is 12.1 Å². The minimum absolute atomic E-state index is 0.126. The van der Waals surface area contributed by atoms with Gasteiger partial charge in [0.1, 0.15) is 0 Å². The number of halogens is 1. The molecular weight excluding hydrogens is 254 g/mol. The van der Waals surface area contributed by atoms with Crippen molar-refractivity contribution in [3.8, 4) is 0 Å². The lowest BCUT2D eigenvalue weighted by Crippen LogP contribution is -2.06. The SMILES string of the molecule is OCc1cc2c3c(c1)c(Br)cn3CCC2. The monoisotopic (exact) mass is 265 g/mol. The largest absolute Gasteiger partial charge is 0.392 e. The van der Waals surface area contributed by atoms with E-state index in [1.165, 1.54) is 22.9 Å². The van der Waals surface area contributed by atoms with Crippen LogP contribution in [0.25, 0.3) is 10.9 Å². The van der Waals surface area contributed by atoms with Crippen LogP contribution in [0.3, 0.4) is 0 Å². The molecule has 0 aliphatic carbocycles. The van der Waals surface area contributed by atoms with Crippen LogP contribution >= 0.6 is 15.9 Å². The van der Waals surface area contributed by atoms with Gasteiger partial charge in [0.25, 0.3) is 0 Å². The Hall–Kier alpha value is -0.800. The van der Waals surface area contributed by atoms with Crippen molar-refractivity contribution in [1.29, 1.82) is 0 Å². The van der Waals surface area contributed by atoms with Gasteiger partial charge in [-0.3, -0.25) is 0 Å². The van der Waals surface area contributed by atoms with Crippen molar-refractivity contribution in [1.82, 2.24) is 4.57 Å². The third kappa shape index (κ3) is 1.34. The van der Waals surface area contributed by atoms with Crippen LogP contribution in [0.4, 0.5) is 0 Å². The molecule has 2 nitrogen and oxygen atoms in total. The topological polar surface area (TPSA) is 25.2 Å². The van der Waals surface area contributed by atoms with E-state index in [0.717, 1.165) is 23.0 Å². The molecular formula is C12H12BrNO. The maximum absolute atomic E-state index is 9.21. The lowest BCUT2D eigenvalue weighted by Gasteiger charge is -2.16. The lowest BCUT2D eigenvalue weighted by molar-refractivity contribution is 0.282. The quantitative estimate of drug-likeness (QED) is 0.843. The maximum Gasteiger partial charge on any atom is 0.0682 e. The van der Waals surface area contributed by atoms with Crippen molar-refractivity contribution in [2.24, 2.45) is 0 Å². The van der Waals surface area contributed by atoms with E-state index in [2.05, 4.69) is 38.8 Å². The maximum atomic E-state index is 9.21. The Balaban J connectivity index is 2.40. The minimum Gasteiger partial charge on any atom is -0.392 e. The number of rotatable bonds is 1.